The van der Waals surface area contributed by atoms with E-state index in [1.807, 2.05) is 13.8 Å². The summed E-state index contributed by atoms with van der Waals surface area (Å²) >= 11 is 0. The van der Waals surface area contributed by atoms with Crippen molar-refractivity contribution in [2.45, 2.75) is 39.2 Å². The summed E-state index contributed by atoms with van der Waals surface area (Å²) in [6, 6.07) is 6.04. The Morgan fingerprint density at radius 1 is 1.45 bits per heavy atom. The highest BCUT2D eigenvalue weighted by Crippen LogP contribution is 2.23. The number of carboxylic acid groups (broad SMARTS) is 1. The van der Waals surface area contributed by atoms with Crippen LogP contribution in [0, 0.1) is 5.92 Å². The molecule has 0 saturated heterocycles. The molecule has 1 aliphatic heterocycles. The third-order valence-electron chi connectivity index (χ3n) is 3.69. The van der Waals surface area contributed by atoms with Crippen molar-refractivity contribution in [2.75, 3.05) is 18.4 Å². The van der Waals surface area contributed by atoms with Gasteiger partial charge in [-0.15, -0.1) is 0 Å². The molecule has 0 aliphatic carbocycles. The Kier molecular flexibility index (Phi) is 5.01. The molecule has 4 nitrogen and oxygen atoms in total. The van der Waals surface area contributed by atoms with E-state index in [0.717, 1.165) is 19.4 Å². The number of carboxylic acids is 1. The smallest absolute Gasteiger partial charge is 0.320 e. The number of hydrogen-bond donors (Lipinski definition) is 3. The predicted octanol–water partition coefficient (Wildman–Crippen LogP) is 2.29. The fourth-order valence-electron chi connectivity index (χ4n) is 2.65. The second-order valence-electron chi connectivity index (χ2n) is 5.89. The Balaban J connectivity index is 1.84. The molecule has 0 spiro atoms. The highest BCUT2D eigenvalue weighted by Gasteiger charge is 2.17. The average molecular weight is 276 g/mol. The first-order chi connectivity index (χ1) is 9.56. The van der Waals surface area contributed by atoms with Gasteiger partial charge in [0.1, 0.15) is 6.04 Å². The summed E-state index contributed by atoms with van der Waals surface area (Å²) < 4.78 is 0. The van der Waals surface area contributed by atoms with Crippen molar-refractivity contribution in [3.8, 4) is 0 Å². The number of fused-ring (bicyclic) bond motifs is 1. The maximum atomic E-state index is 11.2. The van der Waals surface area contributed by atoms with Crippen molar-refractivity contribution in [2.24, 2.45) is 5.92 Å². The third kappa shape index (κ3) is 3.97. The molecule has 0 amide bonds. The molecule has 1 heterocycles. The number of hydrogen-bond acceptors (Lipinski definition) is 3. The second kappa shape index (κ2) is 6.75. The summed E-state index contributed by atoms with van der Waals surface area (Å²) in [5.74, 6) is -0.369. The zero-order valence-electron chi connectivity index (χ0n) is 12.3. The summed E-state index contributed by atoms with van der Waals surface area (Å²) in [5, 5.41) is 15.7. The average Bonchev–Trinajstić information content (AvgIpc) is 2.84. The van der Waals surface area contributed by atoms with Crippen LogP contribution < -0.4 is 10.6 Å². The lowest BCUT2D eigenvalue weighted by molar-refractivity contribution is -0.139. The Labute approximate surface area is 120 Å². The molecule has 1 aromatic carbocycles. The quantitative estimate of drug-likeness (QED) is 0.715. The zero-order valence-corrected chi connectivity index (χ0v) is 12.3. The first-order valence-corrected chi connectivity index (χ1v) is 7.38. The molecular weight excluding hydrogens is 252 g/mol. The summed E-state index contributed by atoms with van der Waals surface area (Å²) in [4.78, 5) is 11.2. The van der Waals surface area contributed by atoms with Crippen molar-refractivity contribution in [3.05, 3.63) is 29.3 Å². The van der Waals surface area contributed by atoms with E-state index in [1.54, 1.807) is 0 Å². The van der Waals surface area contributed by atoms with Crippen LogP contribution in [0.25, 0.3) is 0 Å². The number of rotatable bonds is 7. The number of nitrogens with one attached hydrogen (secondary N) is 2. The lowest BCUT2D eigenvalue weighted by Gasteiger charge is -2.16. The van der Waals surface area contributed by atoms with Crippen molar-refractivity contribution >= 4 is 11.7 Å². The second-order valence-corrected chi connectivity index (χ2v) is 5.89. The maximum Gasteiger partial charge on any atom is 0.320 e. The van der Waals surface area contributed by atoms with E-state index in [1.165, 1.54) is 16.8 Å². The maximum absolute atomic E-state index is 11.2. The molecule has 0 radical (unpaired) electrons. The van der Waals surface area contributed by atoms with Gasteiger partial charge in [-0.2, -0.15) is 0 Å². The molecule has 3 N–H and O–H groups in total. The van der Waals surface area contributed by atoms with Gasteiger partial charge in [0, 0.05) is 12.2 Å². The molecular formula is C16H24N2O2. The Morgan fingerprint density at radius 2 is 2.25 bits per heavy atom. The first-order valence-electron chi connectivity index (χ1n) is 7.38. The van der Waals surface area contributed by atoms with Crippen LogP contribution in [0.1, 0.15) is 31.4 Å². The van der Waals surface area contributed by atoms with Crippen molar-refractivity contribution in [1.29, 1.82) is 0 Å². The lowest BCUT2D eigenvalue weighted by Crippen LogP contribution is -2.38. The van der Waals surface area contributed by atoms with Crippen LogP contribution in [0.4, 0.5) is 5.69 Å². The van der Waals surface area contributed by atoms with Crippen molar-refractivity contribution in [1.82, 2.24) is 5.32 Å². The van der Waals surface area contributed by atoms with Gasteiger partial charge in [-0.1, -0.05) is 26.0 Å². The van der Waals surface area contributed by atoms with E-state index >= 15 is 0 Å². The Hall–Kier alpha value is -1.55. The minimum Gasteiger partial charge on any atom is -0.480 e. The van der Waals surface area contributed by atoms with Gasteiger partial charge in [0.2, 0.25) is 0 Å². The SMILES string of the molecule is CC(C)CC(NCCc1ccc2c(c1)CCN2)C(=O)O. The molecule has 2 rings (SSSR count). The Bertz CT molecular complexity index is 472. The monoisotopic (exact) mass is 276 g/mol. The summed E-state index contributed by atoms with van der Waals surface area (Å²) in [6.07, 6.45) is 2.63. The van der Waals surface area contributed by atoms with E-state index in [0.29, 0.717) is 18.9 Å². The lowest BCUT2D eigenvalue weighted by atomic mass is 10.0. The molecule has 1 unspecified atom stereocenters. The van der Waals surface area contributed by atoms with Gasteiger partial charge in [-0.3, -0.25) is 4.79 Å². The molecule has 20 heavy (non-hydrogen) atoms. The fraction of sp³-hybridized carbons (Fsp3) is 0.562. The molecule has 1 aromatic rings. The van der Waals surface area contributed by atoms with Gasteiger partial charge >= 0.3 is 5.97 Å². The number of benzene rings is 1. The topological polar surface area (TPSA) is 61.4 Å². The molecule has 0 fully saturated rings. The van der Waals surface area contributed by atoms with E-state index in [4.69, 9.17) is 0 Å². The van der Waals surface area contributed by atoms with Crippen LogP contribution in [0.2, 0.25) is 0 Å². The summed E-state index contributed by atoms with van der Waals surface area (Å²) in [6.45, 7) is 5.82. The van der Waals surface area contributed by atoms with E-state index in [-0.39, 0.29) is 0 Å². The molecule has 110 valence electrons. The van der Waals surface area contributed by atoms with E-state index in [9.17, 15) is 9.90 Å². The van der Waals surface area contributed by atoms with Crippen LogP contribution in [0.5, 0.6) is 0 Å². The van der Waals surface area contributed by atoms with Gasteiger partial charge in [0.15, 0.2) is 0 Å². The normalized spacial score (nSPS) is 14.9. The zero-order chi connectivity index (χ0) is 14.5. The molecule has 1 aliphatic rings. The first kappa shape index (κ1) is 14.9. The minimum absolute atomic E-state index is 0.384. The van der Waals surface area contributed by atoms with Gasteiger partial charge in [-0.25, -0.2) is 0 Å². The van der Waals surface area contributed by atoms with Crippen LogP contribution >= 0.6 is 0 Å². The number of anilines is 1. The number of carbonyl (C=O) groups is 1. The van der Waals surface area contributed by atoms with E-state index < -0.39 is 12.0 Å². The third-order valence-corrected chi connectivity index (χ3v) is 3.69. The van der Waals surface area contributed by atoms with Gasteiger partial charge in [0.25, 0.3) is 0 Å². The largest absolute Gasteiger partial charge is 0.480 e. The van der Waals surface area contributed by atoms with Gasteiger partial charge < -0.3 is 15.7 Å². The van der Waals surface area contributed by atoms with Crippen LogP contribution in [-0.2, 0) is 17.6 Å². The molecule has 0 bridgehead atoms. The standard InChI is InChI=1S/C16H24N2O2/c1-11(2)9-15(16(19)20)18-7-5-12-3-4-14-13(10-12)6-8-17-14/h3-4,10-11,15,17-18H,5-9H2,1-2H3,(H,19,20). The van der Waals surface area contributed by atoms with Crippen LogP contribution in [-0.4, -0.2) is 30.2 Å². The minimum atomic E-state index is -0.753. The molecule has 0 saturated carbocycles. The van der Waals surface area contributed by atoms with Gasteiger partial charge in [0.05, 0.1) is 0 Å². The highest BCUT2D eigenvalue weighted by atomic mass is 16.4. The highest BCUT2D eigenvalue weighted by molar-refractivity contribution is 5.73. The molecule has 4 heteroatoms. The summed E-state index contributed by atoms with van der Waals surface area (Å²) in [7, 11) is 0. The molecule has 1 atom stereocenters. The molecule has 0 aromatic heterocycles. The van der Waals surface area contributed by atoms with Crippen molar-refractivity contribution in [3.63, 3.8) is 0 Å². The fourth-order valence-corrected chi connectivity index (χ4v) is 2.65. The Morgan fingerprint density at radius 3 is 2.95 bits per heavy atom. The predicted molar refractivity (Wildman–Crippen MR) is 81.2 cm³/mol. The number of aliphatic carboxylic acids is 1. The van der Waals surface area contributed by atoms with Crippen LogP contribution in [0.3, 0.4) is 0 Å². The van der Waals surface area contributed by atoms with E-state index in [2.05, 4.69) is 28.8 Å². The van der Waals surface area contributed by atoms with Crippen LogP contribution in [0.15, 0.2) is 18.2 Å². The van der Waals surface area contributed by atoms with Crippen molar-refractivity contribution < 1.29 is 9.90 Å². The van der Waals surface area contributed by atoms with Gasteiger partial charge in [-0.05, 0) is 48.9 Å². The summed E-state index contributed by atoms with van der Waals surface area (Å²) in [5.41, 5.74) is 3.89.